The van der Waals surface area contributed by atoms with Crippen molar-refractivity contribution in [2.45, 2.75) is 41.7 Å². The number of nitro benzene ring substituents is 1. The second-order valence-corrected chi connectivity index (χ2v) is 8.81. The maximum atomic E-state index is 13.5. The number of nitrogens with zero attached hydrogens (tertiary/aromatic N) is 5. The third kappa shape index (κ3) is 4.76. The van der Waals surface area contributed by atoms with E-state index in [9.17, 15) is 19.7 Å². The van der Waals surface area contributed by atoms with E-state index in [4.69, 9.17) is 4.74 Å². The Kier molecular flexibility index (Phi) is 6.87. The number of rotatable bonds is 7. The molecule has 4 rings (SSSR count). The summed E-state index contributed by atoms with van der Waals surface area (Å²) in [4.78, 5) is 37.4. The molecule has 0 saturated heterocycles. The molecule has 1 aliphatic carbocycles. The lowest BCUT2D eigenvalue weighted by atomic mass is 9.94. The van der Waals surface area contributed by atoms with E-state index in [-0.39, 0.29) is 28.4 Å². The Bertz CT molecular complexity index is 1250. The minimum absolute atomic E-state index is 0.0810. The van der Waals surface area contributed by atoms with Crippen LogP contribution >= 0.6 is 11.8 Å². The number of para-hydroxylation sites is 1. The van der Waals surface area contributed by atoms with E-state index >= 15 is 0 Å². The Morgan fingerprint density at radius 2 is 1.94 bits per heavy atom. The van der Waals surface area contributed by atoms with Crippen molar-refractivity contribution in [3.05, 3.63) is 63.2 Å². The van der Waals surface area contributed by atoms with Gasteiger partial charge in [-0.2, -0.15) is 0 Å². The average Bonchev–Trinajstić information content (AvgIpc) is 3.51. The van der Waals surface area contributed by atoms with Gasteiger partial charge in [0.25, 0.3) is 11.6 Å². The number of nitro groups is 1. The van der Waals surface area contributed by atoms with Gasteiger partial charge in [0.15, 0.2) is 0 Å². The lowest BCUT2D eigenvalue weighted by Crippen LogP contribution is -2.17. The Morgan fingerprint density at radius 1 is 1.21 bits per heavy atom. The Labute approximate surface area is 199 Å². The summed E-state index contributed by atoms with van der Waals surface area (Å²) in [6.45, 7) is 0. The zero-order valence-corrected chi connectivity index (χ0v) is 19.4. The van der Waals surface area contributed by atoms with Gasteiger partial charge >= 0.3 is 5.97 Å². The molecule has 0 aliphatic heterocycles. The van der Waals surface area contributed by atoms with Crippen LogP contribution in [0.1, 0.15) is 57.9 Å². The van der Waals surface area contributed by atoms with Crippen molar-refractivity contribution in [2.75, 3.05) is 12.4 Å². The maximum absolute atomic E-state index is 13.5. The van der Waals surface area contributed by atoms with Crippen molar-refractivity contribution in [1.29, 1.82) is 0 Å². The van der Waals surface area contributed by atoms with E-state index in [1.807, 2.05) is 0 Å². The monoisotopic (exact) mass is 482 g/mol. The summed E-state index contributed by atoms with van der Waals surface area (Å²) in [6, 6.07) is 9.21. The van der Waals surface area contributed by atoms with Crippen LogP contribution in [0.15, 0.2) is 46.5 Å². The fraction of sp³-hybridized carbons (Fsp3) is 0.318. The lowest BCUT2D eigenvalue weighted by molar-refractivity contribution is -0.385. The fourth-order valence-corrected chi connectivity index (χ4v) is 5.07. The molecular weight excluding hydrogens is 460 g/mol. The number of hydrogen-bond acceptors (Lipinski definition) is 9. The van der Waals surface area contributed by atoms with Crippen molar-refractivity contribution in [1.82, 2.24) is 20.2 Å². The largest absolute Gasteiger partial charge is 0.465 e. The summed E-state index contributed by atoms with van der Waals surface area (Å²) in [6.07, 6.45) is 3.77. The summed E-state index contributed by atoms with van der Waals surface area (Å²) in [7, 11) is 2.92. The van der Waals surface area contributed by atoms with Crippen LogP contribution < -0.4 is 5.32 Å². The van der Waals surface area contributed by atoms with Crippen molar-refractivity contribution >= 4 is 35.0 Å². The van der Waals surface area contributed by atoms with Gasteiger partial charge in [0.1, 0.15) is 0 Å². The predicted octanol–water partition coefficient (Wildman–Crippen LogP) is 3.97. The quantitative estimate of drug-likeness (QED) is 0.301. The number of hydrogen-bond donors (Lipinski definition) is 1. The molecule has 34 heavy (non-hydrogen) atoms. The molecule has 0 bridgehead atoms. The van der Waals surface area contributed by atoms with Crippen LogP contribution in [0.4, 0.5) is 11.4 Å². The summed E-state index contributed by atoms with van der Waals surface area (Å²) >= 11 is 1.19. The Balaban J connectivity index is 1.83. The van der Waals surface area contributed by atoms with Crippen LogP contribution in [0.3, 0.4) is 0 Å². The van der Waals surface area contributed by atoms with E-state index in [0.717, 1.165) is 31.2 Å². The SMILES string of the molecule is COC(=O)c1ccccc1NC(=O)c1cc([N+](=O)[O-])cc(C2CCCC2)c1Sc1nnnn1C. The molecule has 12 heteroatoms. The summed E-state index contributed by atoms with van der Waals surface area (Å²) in [5.41, 5.74) is 1.08. The molecule has 1 aliphatic rings. The molecule has 1 aromatic heterocycles. The zero-order valence-electron chi connectivity index (χ0n) is 18.6. The third-order valence-electron chi connectivity index (χ3n) is 5.71. The number of aromatic nitrogens is 4. The molecule has 2 aromatic carbocycles. The highest BCUT2D eigenvalue weighted by Crippen LogP contribution is 2.44. The van der Waals surface area contributed by atoms with Gasteiger partial charge in [0.2, 0.25) is 5.16 Å². The molecule has 0 spiro atoms. The molecule has 11 nitrogen and oxygen atoms in total. The van der Waals surface area contributed by atoms with E-state index < -0.39 is 16.8 Å². The second kappa shape index (κ2) is 10.00. The van der Waals surface area contributed by atoms with E-state index in [2.05, 4.69) is 20.8 Å². The molecule has 1 N–H and O–H groups in total. The summed E-state index contributed by atoms with van der Waals surface area (Å²) in [5, 5.41) is 26.4. The molecule has 1 amide bonds. The van der Waals surface area contributed by atoms with Gasteiger partial charge in [0, 0.05) is 24.1 Å². The number of carbonyl (C=O) groups excluding carboxylic acids is 2. The average molecular weight is 483 g/mol. The van der Waals surface area contributed by atoms with E-state index in [1.165, 1.54) is 35.7 Å². The number of benzene rings is 2. The van der Waals surface area contributed by atoms with Gasteiger partial charge in [-0.15, -0.1) is 5.10 Å². The van der Waals surface area contributed by atoms with Crippen molar-refractivity contribution < 1.29 is 19.2 Å². The highest BCUT2D eigenvalue weighted by atomic mass is 32.2. The van der Waals surface area contributed by atoms with E-state index in [1.54, 1.807) is 31.3 Å². The maximum Gasteiger partial charge on any atom is 0.339 e. The van der Waals surface area contributed by atoms with Gasteiger partial charge < -0.3 is 10.1 Å². The smallest absolute Gasteiger partial charge is 0.339 e. The first-order valence-corrected chi connectivity index (χ1v) is 11.4. The number of non-ortho nitro benzene ring substituents is 1. The molecule has 176 valence electrons. The van der Waals surface area contributed by atoms with Crippen LogP contribution in [0.25, 0.3) is 0 Å². The van der Waals surface area contributed by atoms with Crippen LogP contribution in [0, 0.1) is 10.1 Å². The first-order valence-electron chi connectivity index (χ1n) is 10.6. The van der Waals surface area contributed by atoms with Gasteiger partial charge in [-0.25, -0.2) is 9.48 Å². The molecule has 0 radical (unpaired) electrons. The molecule has 3 aromatic rings. The van der Waals surface area contributed by atoms with Crippen LogP contribution in [-0.2, 0) is 11.8 Å². The predicted molar refractivity (Wildman–Crippen MR) is 123 cm³/mol. The fourth-order valence-electron chi connectivity index (χ4n) is 4.03. The summed E-state index contributed by atoms with van der Waals surface area (Å²) < 4.78 is 6.27. The van der Waals surface area contributed by atoms with Gasteiger partial charge in [0.05, 0.1) is 28.8 Å². The highest BCUT2D eigenvalue weighted by molar-refractivity contribution is 7.99. The van der Waals surface area contributed by atoms with Crippen LogP contribution in [-0.4, -0.2) is 44.1 Å². The number of ether oxygens (including phenoxy) is 1. The number of nitrogens with one attached hydrogen (secondary N) is 1. The van der Waals surface area contributed by atoms with Crippen molar-refractivity contribution in [2.24, 2.45) is 7.05 Å². The van der Waals surface area contributed by atoms with Gasteiger partial charge in [-0.1, -0.05) is 25.0 Å². The molecule has 0 atom stereocenters. The number of amides is 1. The van der Waals surface area contributed by atoms with Crippen molar-refractivity contribution in [3.63, 3.8) is 0 Å². The molecular formula is C22H22N6O5S. The number of esters is 1. The third-order valence-corrected chi connectivity index (χ3v) is 6.90. The number of tetrazole rings is 1. The zero-order chi connectivity index (χ0) is 24.2. The molecule has 1 fully saturated rings. The topological polar surface area (TPSA) is 142 Å². The van der Waals surface area contributed by atoms with Crippen LogP contribution in [0.5, 0.6) is 0 Å². The first-order chi connectivity index (χ1) is 16.4. The van der Waals surface area contributed by atoms with Crippen molar-refractivity contribution in [3.8, 4) is 0 Å². The standard InChI is InChI=1S/C22H22N6O5S/c1-27-22(24-25-26-27)34-19-16(13-7-3-4-8-13)11-14(28(31)32)12-17(19)20(29)23-18-10-6-5-9-15(18)21(30)33-2/h5-6,9-13H,3-4,7-8H2,1-2H3,(H,23,29). The lowest BCUT2D eigenvalue weighted by Gasteiger charge is -2.18. The normalized spacial score (nSPS) is 13.6. The van der Waals surface area contributed by atoms with Gasteiger partial charge in [-0.05, 0) is 58.6 Å². The Hall–Kier alpha value is -3.80. The second-order valence-electron chi connectivity index (χ2n) is 7.83. The van der Waals surface area contributed by atoms with E-state index in [0.29, 0.717) is 10.1 Å². The Morgan fingerprint density at radius 3 is 2.59 bits per heavy atom. The highest BCUT2D eigenvalue weighted by Gasteiger charge is 2.29. The summed E-state index contributed by atoms with van der Waals surface area (Å²) in [5.74, 6) is -1.12. The number of carbonyl (C=O) groups is 2. The molecule has 1 heterocycles. The first kappa shape index (κ1) is 23.4. The van der Waals surface area contributed by atoms with Crippen LogP contribution in [0.2, 0.25) is 0 Å². The number of anilines is 1. The molecule has 1 saturated carbocycles. The number of methoxy groups -OCH3 is 1. The van der Waals surface area contributed by atoms with Gasteiger partial charge in [-0.3, -0.25) is 14.9 Å². The minimum Gasteiger partial charge on any atom is -0.465 e. The number of aryl methyl sites for hydroxylation is 1. The molecule has 0 unspecified atom stereocenters. The minimum atomic E-state index is -0.610.